The molecule has 2 heteroatoms. The Bertz CT molecular complexity index is 3420. The molecule has 0 saturated heterocycles. The van der Waals surface area contributed by atoms with E-state index in [9.17, 15) is 0 Å². The molecule has 11 aromatic rings. The second kappa shape index (κ2) is 10.7. The summed E-state index contributed by atoms with van der Waals surface area (Å²) in [4.78, 5) is 5.49. The summed E-state index contributed by atoms with van der Waals surface area (Å²) in [6, 6.07) is 62.9. The van der Waals surface area contributed by atoms with E-state index in [2.05, 4.69) is 188 Å². The van der Waals surface area contributed by atoms with Gasteiger partial charge >= 0.3 is 0 Å². The maximum Gasteiger partial charge on any atom is 0.138 e. The molecule has 2 aromatic heterocycles. The highest BCUT2D eigenvalue weighted by Crippen LogP contribution is 2.51. The first-order valence-electron chi connectivity index (χ1n) is 18.9. The van der Waals surface area contributed by atoms with Crippen LogP contribution in [0.1, 0.15) is 25.0 Å². The molecule has 0 amide bonds. The Balaban J connectivity index is 1.25. The van der Waals surface area contributed by atoms with E-state index in [-0.39, 0.29) is 5.41 Å². The van der Waals surface area contributed by atoms with Gasteiger partial charge in [-0.25, -0.2) is 4.98 Å². The van der Waals surface area contributed by atoms with Gasteiger partial charge in [0.1, 0.15) is 5.82 Å². The fourth-order valence-electron chi connectivity index (χ4n) is 9.73. The fraction of sp³-hybridized carbons (Fsp3) is 0.0577. The van der Waals surface area contributed by atoms with E-state index in [1.165, 1.54) is 98.3 Å². The number of benzene rings is 9. The first kappa shape index (κ1) is 29.8. The van der Waals surface area contributed by atoms with E-state index < -0.39 is 0 Å². The molecule has 2 heterocycles. The Kier molecular flexibility index (Phi) is 5.87. The number of fused-ring (bicyclic) bond motifs is 14. The maximum absolute atomic E-state index is 5.49. The maximum atomic E-state index is 5.49. The summed E-state index contributed by atoms with van der Waals surface area (Å²) in [6.07, 6.45) is 0. The van der Waals surface area contributed by atoms with E-state index in [1.54, 1.807) is 0 Å². The van der Waals surface area contributed by atoms with E-state index in [0.717, 1.165) is 16.7 Å². The minimum Gasteiger partial charge on any atom is -0.294 e. The third kappa shape index (κ3) is 3.97. The number of para-hydroxylation sites is 1. The smallest absolute Gasteiger partial charge is 0.138 e. The predicted octanol–water partition coefficient (Wildman–Crippen LogP) is 13.9. The lowest BCUT2D eigenvalue weighted by molar-refractivity contribution is 0.661. The van der Waals surface area contributed by atoms with Crippen molar-refractivity contribution in [1.29, 1.82) is 0 Å². The average Bonchev–Trinajstić information content (AvgIpc) is 3.65. The molecule has 0 N–H and O–H groups in total. The van der Waals surface area contributed by atoms with E-state index >= 15 is 0 Å². The zero-order valence-corrected chi connectivity index (χ0v) is 30.1. The zero-order valence-electron chi connectivity index (χ0n) is 30.1. The standard InChI is InChI=1S/C52H34N2/c1-52(2)46-21-11-9-19-38(46)43-27-45-44-26-41-36-17-7-5-15-34(36)35-16-6-8-18-37(35)42(41)28-49(44)54(50(45)30-47(43)52)51-29-40(39-20-10-12-22-48(39)53-51)33-24-23-31-13-3-4-14-32(31)25-33/h3-30H,1-2H3. The molecule has 54 heavy (non-hydrogen) atoms. The molecular weight excluding hydrogens is 653 g/mol. The van der Waals surface area contributed by atoms with Gasteiger partial charge in [-0.1, -0.05) is 141 Å². The lowest BCUT2D eigenvalue weighted by Crippen LogP contribution is -2.15. The van der Waals surface area contributed by atoms with Gasteiger partial charge in [-0.3, -0.25) is 4.57 Å². The first-order chi connectivity index (χ1) is 26.5. The SMILES string of the molecule is CC1(C)c2ccccc2-c2cc3c4cc5c6ccccc6c6ccccc6c5cc4n(-c4cc(-c5ccc6ccccc6c5)c5ccccc5n4)c3cc21. The van der Waals surface area contributed by atoms with Crippen LogP contribution in [-0.4, -0.2) is 9.55 Å². The zero-order chi connectivity index (χ0) is 35.7. The van der Waals surface area contributed by atoms with Gasteiger partial charge in [0, 0.05) is 21.6 Å². The number of pyridine rings is 1. The molecule has 12 rings (SSSR count). The summed E-state index contributed by atoms with van der Waals surface area (Å²) < 4.78 is 2.45. The first-order valence-corrected chi connectivity index (χ1v) is 18.9. The summed E-state index contributed by atoms with van der Waals surface area (Å²) in [5.74, 6) is 0.926. The topological polar surface area (TPSA) is 17.8 Å². The Morgan fingerprint density at radius 2 is 0.981 bits per heavy atom. The molecule has 0 spiro atoms. The summed E-state index contributed by atoms with van der Waals surface area (Å²) >= 11 is 0. The van der Waals surface area contributed by atoms with Crippen LogP contribution >= 0.6 is 0 Å². The van der Waals surface area contributed by atoms with Crippen molar-refractivity contribution >= 4 is 75.8 Å². The largest absolute Gasteiger partial charge is 0.294 e. The van der Waals surface area contributed by atoms with Crippen LogP contribution in [0.25, 0.3) is 104 Å². The summed E-state index contributed by atoms with van der Waals surface area (Å²) in [7, 11) is 0. The molecule has 0 fully saturated rings. The molecule has 9 aromatic carbocycles. The number of nitrogens with zero attached hydrogens (tertiary/aromatic N) is 2. The van der Waals surface area contributed by atoms with Crippen LogP contribution in [0.15, 0.2) is 170 Å². The third-order valence-electron chi connectivity index (χ3n) is 12.3. The van der Waals surface area contributed by atoms with Crippen LogP contribution in [0.2, 0.25) is 0 Å². The van der Waals surface area contributed by atoms with Crippen molar-refractivity contribution in [3.05, 3.63) is 181 Å². The highest BCUT2D eigenvalue weighted by atomic mass is 15.1. The second-order valence-corrected chi connectivity index (χ2v) is 15.5. The number of aromatic nitrogens is 2. The van der Waals surface area contributed by atoms with Gasteiger partial charge in [0.05, 0.1) is 16.6 Å². The molecule has 0 atom stereocenters. The molecule has 0 aliphatic heterocycles. The minimum absolute atomic E-state index is 0.133. The molecule has 1 aliphatic rings. The van der Waals surface area contributed by atoms with Crippen molar-refractivity contribution in [3.8, 4) is 28.1 Å². The van der Waals surface area contributed by atoms with Crippen molar-refractivity contribution < 1.29 is 0 Å². The predicted molar refractivity (Wildman–Crippen MR) is 229 cm³/mol. The van der Waals surface area contributed by atoms with Gasteiger partial charge in [0.15, 0.2) is 0 Å². The average molecular weight is 687 g/mol. The minimum atomic E-state index is -0.133. The summed E-state index contributed by atoms with van der Waals surface area (Å²) in [6.45, 7) is 4.74. The lowest BCUT2D eigenvalue weighted by Gasteiger charge is -2.21. The molecule has 0 saturated carbocycles. The van der Waals surface area contributed by atoms with Gasteiger partial charge in [0.25, 0.3) is 0 Å². The molecule has 0 bridgehead atoms. The molecule has 2 nitrogen and oxygen atoms in total. The summed E-state index contributed by atoms with van der Waals surface area (Å²) in [5, 5.41) is 13.8. The van der Waals surface area contributed by atoms with Crippen LogP contribution in [0, 0.1) is 0 Å². The van der Waals surface area contributed by atoms with Gasteiger partial charge in [0.2, 0.25) is 0 Å². The highest BCUT2D eigenvalue weighted by molar-refractivity contribution is 6.29. The lowest BCUT2D eigenvalue weighted by atomic mass is 9.82. The normalized spacial score (nSPS) is 13.5. The Labute approximate surface area is 312 Å². The van der Waals surface area contributed by atoms with E-state index in [0.29, 0.717) is 0 Å². The molecule has 1 aliphatic carbocycles. The van der Waals surface area contributed by atoms with Crippen LogP contribution < -0.4 is 0 Å². The Morgan fingerprint density at radius 3 is 1.76 bits per heavy atom. The van der Waals surface area contributed by atoms with Crippen LogP contribution in [-0.2, 0) is 5.41 Å². The monoisotopic (exact) mass is 686 g/mol. The van der Waals surface area contributed by atoms with Gasteiger partial charge in [-0.15, -0.1) is 0 Å². The third-order valence-corrected chi connectivity index (χ3v) is 12.3. The van der Waals surface area contributed by atoms with Crippen molar-refractivity contribution in [2.24, 2.45) is 0 Å². The quantitative estimate of drug-likeness (QED) is 0.166. The summed E-state index contributed by atoms with van der Waals surface area (Å²) in [5.41, 5.74) is 11.0. The van der Waals surface area contributed by atoms with Crippen molar-refractivity contribution in [2.45, 2.75) is 19.3 Å². The number of hydrogen-bond donors (Lipinski definition) is 0. The number of rotatable bonds is 2. The van der Waals surface area contributed by atoms with Crippen LogP contribution in [0.5, 0.6) is 0 Å². The van der Waals surface area contributed by atoms with Crippen molar-refractivity contribution in [2.75, 3.05) is 0 Å². The van der Waals surface area contributed by atoms with Gasteiger partial charge < -0.3 is 0 Å². The second-order valence-electron chi connectivity index (χ2n) is 15.5. The molecule has 0 unspecified atom stereocenters. The van der Waals surface area contributed by atoms with Crippen molar-refractivity contribution in [3.63, 3.8) is 0 Å². The van der Waals surface area contributed by atoms with Crippen LogP contribution in [0.3, 0.4) is 0 Å². The fourth-order valence-corrected chi connectivity index (χ4v) is 9.73. The van der Waals surface area contributed by atoms with Gasteiger partial charge in [-0.05, 0) is 119 Å². The van der Waals surface area contributed by atoms with E-state index in [1.807, 2.05) is 0 Å². The van der Waals surface area contributed by atoms with E-state index in [4.69, 9.17) is 4.98 Å². The number of hydrogen-bond acceptors (Lipinski definition) is 1. The van der Waals surface area contributed by atoms with Crippen LogP contribution in [0.4, 0.5) is 0 Å². The Morgan fingerprint density at radius 1 is 0.389 bits per heavy atom. The van der Waals surface area contributed by atoms with Gasteiger partial charge in [-0.2, -0.15) is 0 Å². The molecular formula is C52H34N2. The van der Waals surface area contributed by atoms with Crippen molar-refractivity contribution in [1.82, 2.24) is 9.55 Å². The highest BCUT2D eigenvalue weighted by Gasteiger charge is 2.36. The molecule has 0 radical (unpaired) electrons. The molecule has 252 valence electrons. The Hall–Kier alpha value is -6.77.